The number of aromatic amines is 1. The quantitative estimate of drug-likeness (QED) is 0.720. The summed E-state index contributed by atoms with van der Waals surface area (Å²) in [4.78, 5) is 17.1. The molecule has 4 rings (SSSR count). The summed E-state index contributed by atoms with van der Waals surface area (Å²) in [7, 11) is 0. The number of aromatic nitrogens is 2. The molecule has 3 aromatic rings. The molecule has 144 valence electrons. The van der Waals surface area contributed by atoms with Gasteiger partial charge in [0.05, 0.1) is 10.7 Å². The van der Waals surface area contributed by atoms with E-state index in [0.717, 1.165) is 18.7 Å². The maximum absolute atomic E-state index is 12.9. The van der Waals surface area contributed by atoms with Gasteiger partial charge in [-0.05, 0) is 43.2 Å². The van der Waals surface area contributed by atoms with Crippen LogP contribution in [0.25, 0.3) is 11.3 Å². The van der Waals surface area contributed by atoms with Crippen LogP contribution in [0.3, 0.4) is 0 Å². The molecule has 6 heteroatoms. The summed E-state index contributed by atoms with van der Waals surface area (Å²) in [5, 5.41) is 7.77. The second-order valence-corrected chi connectivity index (χ2v) is 7.62. The highest BCUT2D eigenvalue weighted by atomic mass is 35.5. The number of nitrogens with zero attached hydrogens (tertiary/aromatic N) is 3. The van der Waals surface area contributed by atoms with E-state index < -0.39 is 0 Å². The molecule has 0 radical (unpaired) electrons. The molecule has 2 aromatic carbocycles. The van der Waals surface area contributed by atoms with Gasteiger partial charge in [-0.2, -0.15) is 5.10 Å². The average molecular weight is 395 g/mol. The number of carbonyl (C=O) groups excluding carboxylic acids is 1. The minimum atomic E-state index is -0.0218. The van der Waals surface area contributed by atoms with Gasteiger partial charge in [0.1, 0.15) is 5.69 Å². The van der Waals surface area contributed by atoms with Crippen LogP contribution in [0, 0.1) is 13.8 Å². The predicted octanol–water partition coefficient (Wildman–Crippen LogP) is 4.31. The largest absolute Gasteiger partial charge is 0.368 e. The van der Waals surface area contributed by atoms with Gasteiger partial charge >= 0.3 is 0 Å². The first-order valence-corrected chi connectivity index (χ1v) is 9.82. The van der Waals surface area contributed by atoms with Crippen LogP contribution in [0.1, 0.15) is 21.6 Å². The Morgan fingerprint density at radius 2 is 1.79 bits per heavy atom. The van der Waals surface area contributed by atoms with Gasteiger partial charge in [-0.3, -0.25) is 9.89 Å². The fourth-order valence-electron chi connectivity index (χ4n) is 3.62. The molecule has 0 bridgehead atoms. The zero-order valence-corrected chi connectivity index (χ0v) is 16.8. The molecule has 1 aliphatic rings. The molecule has 0 unspecified atom stereocenters. The van der Waals surface area contributed by atoms with Crippen LogP contribution in [0.2, 0.25) is 5.02 Å². The summed E-state index contributed by atoms with van der Waals surface area (Å²) in [6.45, 7) is 7.26. The monoisotopic (exact) mass is 394 g/mol. The van der Waals surface area contributed by atoms with E-state index in [1.54, 1.807) is 6.07 Å². The summed E-state index contributed by atoms with van der Waals surface area (Å²) >= 11 is 6.24. The first-order chi connectivity index (χ1) is 13.5. The Bertz CT molecular complexity index is 1010. The maximum Gasteiger partial charge on any atom is 0.272 e. The van der Waals surface area contributed by atoms with Crippen molar-refractivity contribution in [3.8, 4) is 11.3 Å². The predicted molar refractivity (Wildman–Crippen MR) is 113 cm³/mol. The van der Waals surface area contributed by atoms with Gasteiger partial charge in [0.2, 0.25) is 0 Å². The molecule has 2 heterocycles. The molecule has 1 N–H and O–H groups in total. The Hall–Kier alpha value is -2.79. The number of amides is 1. The van der Waals surface area contributed by atoms with Crippen molar-refractivity contribution in [2.45, 2.75) is 13.8 Å². The number of nitrogens with one attached hydrogen (secondary N) is 1. The topological polar surface area (TPSA) is 52.2 Å². The minimum Gasteiger partial charge on any atom is -0.368 e. The fraction of sp³-hybridized carbons (Fsp3) is 0.273. The van der Waals surface area contributed by atoms with Crippen molar-refractivity contribution < 1.29 is 4.79 Å². The van der Waals surface area contributed by atoms with Gasteiger partial charge in [0, 0.05) is 37.4 Å². The summed E-state index contributed by atoms with van der Waals surface area (Å²) in [5.74, 6) is -0.0218. The Morgan fingerprint density at radius 3 is 2.54 bits per heavy atom. The molecular weight excluding hydrogens is 372 g/mol. The number of aryl methyl sites for hydroxylation is 2. The lowest BCUT2D eigenvalue weighted by atomic mass is 10.1. The summed E-state index contributed by atoms with van der Waals surface area (Å²) in [5.41, 5.74) is 5.78. The number of hydrogen-bond donors (Lipinski definition) is 1. The van der Waals surface area contributed by atoms with Crippen LogP contribution in [0.5, 0.6) is 0 Å². The van der Waals surface area contributed by atoms with E-state index in [-0.39, 0.29) is 5.91 Å². The molecule has 1 aliphatic heterocycles. The maximum atomic E-state index is 12.9. The van der Waals surface area contributed by atoms with E-state index in [1.807, 2.05) is 29.2 Å². The van der Waals surface area contributed by atoms with Crippen LogP contribution in [0.15, 0.2) is 48.5 Å². The standard InChI is InChI=1S/C22H23ClN4O/c1-15-7-8-16(2)21(13-15)26-9-11-27(12-10-26)22(28)20-14-19(24-25-20)17-5-3-4-6-18(17)23/h3-8,13-14H,9-12H2,1-2H3,(H,24,25). The zero-order chi connectivity index (χ0) is 19.7. The molecule has 1 saturated heterocycles. The third kappa shape index (κ3) is 3.62. The number of hydrogen-bond acceptors (Lipinski definition) is 3. The normalized spacial score (nSPS) is 14.4. The number of benzene rings is 2. The third-order valence-corrected chi connectivity index (χ3v) is 5.56. The Balaban J connectivity index is 1.45. The first-order valence-electron chi connectivity index (χ1n) is 9.45. The van der Waals surface area contributed by atoms with Crippen LogP contribution in [-0.2, 0) is 0 Å². The Kier molecular flexibility index (Phi) is 5.09. The van der Waals surface area contributed by atoms with E-state index in [2.05, 4.69) is 47.1 Å². The molecule has 0 spiro atoms. The summed E-state index contributed by atoms with van der Waals surface area (Å²) in [6, 6.07) is 15.8. The molecule has 1 aromatic heterocycles. The molecule has 28 heavy (non-hydrogen) atoms. The van der Waals surface area contributed by atoms with Crippen molar-refractivity contribution in [3.05, 3.63) is 70.4 Å². The number of rotatable bonds is 3. The first kappa shape index (κ1) is 18.6. The van der Waals surface area contributed by atoms with Crippen LogP contribution in [-0.4, -0.2) is 47.2 Å². The van der Waals surface area contributed by atoms with Gasteiger partial charge in [-0.1, -0.05) is 41.9 Å². The van der Waals surface area contributed by atoms with E-state index in [4.69, 9.17) is 11.6 Å². The van der Waals surface area contributed by atoms with Crippen LogP contribution >= 0.6 is 11.6 Å². The molecule has 0 aliphatic carbocycles. The molecular formula is C22H23ClN4O. The van der Waals surface area contributed by atoms with Crippen molar-refractivity contribution >= 4 is 23.2 Å². The molecule has 0 atom stereocenters. The van der Waals surface area contributed by atoms with Gasteiger partial charge in [0.25, 0.3) is 5.91 Å². The number of carbonyl (C=O) groups is 1. The lowest BCUT2D eigenvalue weighted by molar-refractivity contribution is 0.0741. The van der Waals surface area contributed by atoms with Crippen molar-refractivity contribution in [2.24, 2.45) is 0 Å². The number of halogens is 1. The third-order valence-electron chi connectivity index (χ3n) is 5.23. The van der Waals surface area contributed by atoms with Gasteiger partial charge < -0.3 is 9.80 Å². The van der Waals surface area contributed by atoms with Crippen molar-refractivity contribution in [3.63, 3.8) is 0 Å². The van der Waals surface area contributed by atoms with Crippen molar-refractivity contribution in [2.75, 3.05) is 31.1 Å². The number of H-pyrrole nitrogens is 1. The minimum absolute atomic E-state index is 0.0218. The fourth-order valence-corrected chi connectivity index (χ4v) is 3.85. The highest BCUT2D eigenvalue weighted by molar-refractivity contribution is 6.33. The van der Waals surface area contributed by atoms with Gasteiger partial charge in [-0.15, -0.1) is 0 Å². The van der Waals surface area contributed by atoms with Crippen LogP contribution < -0.4 is 4.90 Å². The van der Waals surface area contributed by atoms with Gasteiger partial charge in [-0.25, -0.2) is 0 Å². The lowest BCUT2D eigenvalue weighted by Crippen LogP contribution is -2.49. The van der Waals surface area contributed by atoms with E-state index in [9.17, 15) is 4.79 Å². The number of piperazine rings is 1. The highest BCUT2D eigenvalue weighted by Crippen LogP contribution is 2.27. The molecule has 1 amide bonds. The smallest absolute Gasteiger partial charge is 0.272 e. The van der Waals surface area contributed by atoms with Gasteiger partial charge in [0.15, 0.2) is 0 Å². The second-order valence-electron chi connectivity index (χ2n) is 7.22. The van der Waals surface area contributed by atoms with E-state index in [0.29, 0.717) is 29.5 Å². The highest BCUT2D eigenvalue weighted by Gasteiger charge is 2.24. The van der Waals surface area contributed by atoms with Crippen molar-refractivity contribution in [1.29, 1.82) is 0 Å². The zero-order valence-electron chi connectivity index (χ0n) is 16.1. The Morgan fingerprint density at radius 1 is 1.04 bits per heavy atom. The Labute approximate surface area is 169 Å². The summed E-state index contributed by atoms with van der Waals surface area (Å²) < 4.78 is 0. The molecule has 1 fully saturated rings. The lowest BCUT2D eigenvalue weighted by Gasteiger charge is -2.36. The van der Waals surface area contributed by atoms with Crippen LogP contribution in [0.4, 0.5) is 5.69 Å². The van der Waals surface area contributed by atoms with E-state index in [1.165, 1.54) is 16.8 Å². The molecule has 5 nitrogen and oxygen atoms in total. The summed E-state index contributed by atoms with van der Waals surface area (Å²) in [6.07, 6.45) is 0. The average Bonchev–Trinajstić information content (AvgIpc) is 3.20. The second kappa shape index (κ2) is 7.68. The van der Waals surface area contributed by atoms with Crippen molar-refractivity contribution in [1.82, 2.24) is 15.1 Å². The molecule has 0 saturated carbocycles. The number of anilines is 1. The SMILES string of the molecule is Cc1ccc(C)c(N2CCN(C(=O)c3cc(-c4ccccc4Cl)n[nH]3)CC2)c1. The van der Waals surface area contributed by atoms with E-state index >= 15 is 0 Å².